The summed E-state index contributed by atoms with van der Waals surface area (Å²) in [6, 6.07) is 3.99. The molecule has 0 radical (unpaired) electrons. The van der Waals surface area contributed by atoms with Crippen molar-refractivity contribution in [3.8, 4) is 5.75 Å². The number of hydrogen-bond donors (Lipinski definition) is 3. The molecule has 0 amide bonds. The topological polar surface area (TPSA) is 60.7 Å². The Morgan fingerprint density at radius 2 is 1.85 bits per heavy atom. The predicted octanol–water partition coefficient (Wildman–Crippen LogP) is 3.98. The number of benzene rings is 1. The molecule has 0 heterocycles. The quantitative estimate of drug-likeness (QED) is 0.751. The van der Waals surface area contributed by atoms with Crippen molar-refractivity contribution >= 4 is 0 Å². The number of aliphatic hydroxyl groups excluding tert-OH is 2. The van der Waals surface area contributed by atoms with E-state index in [1.807, 2.05) is 6.07 Å². The molecular formula is C23H32O3. The van der Waals surface area contributed by atoms with E-state index in [0.717, 1.165) is 31.1 Å². The SMILES string of the molecule is CC1CC1C1CC2c3cc(CO)c(O)cc3CCC2C2CC[C@H](O)[C@@]12C. The van der Waals surface area contributed by atoms with Gasteiger partial charge in [0.15, 0.2) is 0 Å². The van der Waals surface area contributed by atoms with E-state index >= 15 is 0 Å². The van der Waals surface area contributed by atoms with Crippen molar-refractivity contribution in [2.24, 2.45) is 35.0 Å². The number of hydrogen-bond acceptors (Lipinski definition) is 3. The van der Waals surface area contributed by atoms with Crippen LogP contribution in [0, 0.1) is 35.0 Å². The zero-order valence-electron chi connectivity index (χ0n) is 16.0. The molecule has 1 aromatic rings. The molecule has 0 bridgehead atoms. The molecule has 6 unspecified atom stereocenters. The van der Waals surface area contributed by atoms with Gasteiger partial charge in [-0.2, -0.15) is 0 Å². The summed E-state index contributed by atoms with van der Waals surface area (Å²) < 4.78 is 0. The molecule has 0 aromatic heterocycles. The molecule has 3 nitrogen and oxygen atoms in total. The van der Waals surface area contributed by atoms with Gasteiger partial charge in [0.1, 0.15) is 5.75 Å². The Labute approximate surface area is 156 Å². The molecule has 3 saturated carbocycles. The number of fused-ring (bicyclic) bond motifs is 5. The first kappa shape index (κ1) is 17.1. The molecule has 142 valence electrons. The van der Waals surface area contributed by atoms with E-state index in [0.29, 0.717) is 29.2 Å². The van der Waals surface area contributed by atoms with Crippen LogP contribution in [0.2, 0.25) is 0 Å². The van der Waals surface area contributed by atoms with Gasteiger partial charge in [-0.3, -0.25) is 0 Å². The molecule has 3 N–H and O–H groups in total. The minimum Gasteiger partial charge on any atom is -0.508 e. The maximum Gasteiger partial charge on any atom is 0.121 e. The summed E-state index contributed by atoms with van der Waals surface area (Å²) >= 11 is 0. The molecule has 0 saturated heterocycles. The van der Waals surface area contributed by atoms with Crippen LogP contribution in [0.25, 0.3) is 0 Å². The first-order valence-electron chi connectivity index (χ1n) is 10.6. The summed E-state index contributed by atoms with van der Waals surface area (Å²) in [4.78, 5) is 0. The van der Waals surface area contributed by atoms with Gasteiger partial charge >= 0.3 is 0 Å². The lowest BCUT2D eigenvalue weighted by atomic mass is 9.50. The second kappa shape index (κ2) is 5.72. The Morgan fingerprint density at radius 3 is 2.54 bits per heavy atom. The number of phenols is 1. The average molecular weight is 357 g/mol. The summed E-state index contributed by atoms with van der Waals surface area (Å²) in [7, 11) is 0. The highest BCUT2D eigenvalue weighted by Gasteiger charge is 2.62. The Bertz CT molecular complexity index is 728. The van der Waals surface area contributed by atoms with Gasteiger partial charge in [-0.1, -0.05) is 13.8 Å². The third-order valence-electron chi connectivity index (χ3n) is 8.95. The second-order valence-corrected chi connectivity index (χ2v) is 9.93. The van der Waals surface area contributed by atoms with Crippen LogP contribution >= 0.6 is 0 Å². The summed E-state index contributed by atoms with van der Waals surface area (Å²) in [5.41, 5.74) is 3.42. The second-order valence-electron chi connectivity index (χ2n) is 9.93. The first-order chi connectivity index (χ1) is 12.4. The molecule has 8 atom stereocenters. The molecular weight excluding hydrogens is 324 g/mol. The third-order valence-corrected chi connectivity index (χ3v) is 8.95. The summed E-state index contributed by atoms with van der Waals surface area (Å²) in [5.74, 6) is 4.23. The van der Waals surface area contributed by atoms with Gasteiger partial charge < -0.3 is 15.3 Å². The lowest BCUT2D eigenvalue weighted by molar-refractivity contribution is -0.0787. The van der Waals surface area contributed by atoms with Crippen LogP contribution in [0.4, 0.5) is 0 Å². The van der Waals surface area contributed by atoms with Gasteiger partial charge in [0, 0.05) is 5.56 Å². The van der Waals surface area contributed by atoms with Crippen molar-refractivity contribution in [1.29, 1.82) is 0 Å². The Morgan fingerprint density at radius 1 is 1.08 bits per heavy atom. The van der Waals surface area contributed by atoms with Gasteiger partial charge in [-0.15, -0.1) is 0 Å². The minimum absolute atomic E-state index is 0.0881. The van der Waals surface area contributed by atoms with Gasteiger partial charge in [0.25, 0.3) is 0 Å². The van der Waals surface area contributed by atoms with Gasteiger partial charge in [0.05, 0.1) is 12.7 Å². The lowest BCUT2D eigenvalue weighted by Crippen LogP contribution is -2.50. The van der Waals surface area contributed by atoms with E-state index in [1.165, 1.54) is 30.4 Å². The van der Waals surface area contributed by atoms with E-state index in [2.05, 4.69) is 19.9 Å². The Hall–Kier alpha value is -1.06. The fraction of sp³-hybridized carbons (Fsp3) is 0.739. The van der Waals surface area contributed by atoms with Crippen LogP contribution in [-0.2, 0) is 13.0 Å². The maximum absolute atomic E-state index is 11.0. The van der Waals surface area contributed by atoms with Crippen LogP contribution in [0.15, 0.2) is 12.1 Å². The van der Waals surface area contributed by atoms with Crippen molar-refractivity contribution in [3.05, 3.63) is 28.8 Å². The number of rotatable bonds is 2. The van der Waals surface area contributed by atoms with Crippen molar-refractivity contribution in [1.82, 2.24) is 0 Å². The zero-order valence-corrected chi connectivity index (χ0v) is 16.0. The normalized spacial score (nSPS) is 46.4. The Kier molecular flexibility index (Phi) is 3.75. The average Bonchev–Trinajstić information content (AvgIpc) is 3.26. The molecule has 26 heavy (non-hydrogen) atoms. The lowest BCUT2D eigenvalue weighted by Gasteiger charge is -2.55. The molecule has 1 aromatic carbocycles. The third kappa shape index (κ3) is 2.19. The molecule has 4 aliphatic rings. The van der Waals surface area contributed by atoms with Gasteiger partial charge in [0.2, 0.25) is 0 Å². The van der Waals surface area contributed by atoms with E-state index in [9.17, 15) is 15.3 Å². The van der Waals surface area contributed by atoms with Crippen molar-refractivity contribution < 1.29 is 15.3 Å². The van der Waals surface area contributed by atoms with Crippen LogP contribution in [0.1, 0.15) is 68.6 Å². The summed E-state index contributed by atoms with van der Waals surface area (Å²) in [6.07, 6.45) is 6.68. The smallest absolute Gasteiger partial charge is 0.121 e. The minimum atomic E-state index is -0.138. The summed E-state index contributed by atoms with van der Waals surface area (Å²) in [5, 5.41) is 30.8. The highest BCUT2D eigenvalue weighted by atomic mass is 16.3. The molecule has 4 aliphatic carbocycles. The molecule has 5 rings (SSSR count). The molecule has 3 heteroatoms. The van der Waals surface area contributed by atoms with E-state index < -0.39 is 0 Å². The maximum atomic E-state index is 11.0. The highest BCUT2D eigenvalue weighted by Crippen LogP contribution is 2.68. The van der Waals surface area contributed by atoms with E-state index in [-0.39, 0.29) is 23.9 Å². The van der Waals surface area contributed by atoms with Crippen molar-refractivity contribution in [2.75, 3.05) is 0 Å². The number of aliphatic hydroxyl groups is 2. The number of aryl methyl sites for hydroxylation is 1. The van der Waals surface area contributed by atoms with Crippen LogP contribution < -0.4 is 0 Å². The number of aromatic hydroxyl groups is 1. The fourth-order valence-corrected chi connectivity index (χ4v) is 7.40. The fourth-order valence-electron chi connectivity index (χ4n) is 7.40. The monoisotopic (exact) mass is 356 g/mol. The van der Waals surface area contributed by atoms with E-state index in [4.69, 9.17) is 0 Å². The van der Waals surface area contributed by atoms with Crippen LogP contribution in [0.5, 0.6) is 5.75 Å². The largest absolute Gasteiger partial charge is 0.508 e. The molecule has 0 spiro atoms. The summed E-state index contributed by atoms with van der Waals surface area (Å²) in [6.45, 7) is 4.67. The van der Waals surface area contributed by atoms with Crippen molar-refractivity contribution in [2.45, 2.75) is 71.0 Å². The first-order valence-corrected chi connectivity index (χ1v) is 10.6. The predicted molar refractivity (Wildman–Crippen MR) is 101 cm³/mol. The van der Waals surface area contributed by atoms with Gasteiger partial charge in [-0.05, 0) is 103 Å². The molecule has 0 aliphatic heterocycles. The molecule has 3 fully saturated rings. The van der Waals surface area contributed by atoms with Gasteiger partial charge in [-0.25, -0.2) is 0 Å². The Balaban J connectivity index is 1.58. The zero-order chi connectivity index (χ0) is 18.2. The standard InChI is InChI=1S/C23H32O3/c1-12-7-16(12)20-10-18-15(19-5-6-22(26)23(19,20)2)4-3-13-9-21(25)14(11-24)8-17(13)18/h8-9,12,15-16,18-20,22,24-26H,3-7,10-11H2,1-2H3/t12?,15?,16?,18?,19?,20?,22-,23+/m0/s1. The van der Waals surface area contributed by atoms with Crippen LogP contribution in [0.3, 0.4) is 0 Å². The van der Waals surface area contributed by atoms with Crippen molar-refractivity contribution in [3.63, 3.8) is 0 Å². The highest BCUT2D eigenvalue weighted by molar-refractivity contribution is 5.45. The van der Waals surface area contributed by atoms with E-state index in [1.54, 1.807) is 0 Å². The van der Waals surface area contributed by atoms with Crippen LogP contribution in [-0.4, -0.2) is 21.4 Å².